The second-order valence-corrected chi connectivity index (χ2v) is 7.02. The van der Waals surface area contributed by atoms with Gasteiger partial charge in [0.05, 0.1) is 5.69 Å². The first-order valence-corrected chi connectivity index (χ1v) is 10.3. The van der Waals surface area contributed by atoms with Gasteiger partial charge in [-0.1, -0.05) is 45.0 Å². The first-order chi connectivity index (χ1) is 14.0. The lowest BCUT2D eigenvalue weighted by atomic mass is 10.1. The summed E-state index contributed by atoms with van der Waals surface area (Å²) in [5.74, 6) is 1.65. The molecule has 1 unspecified atom stereocenters. The van der Waals surface area contributed by atoms with Crippen molar-refractivity contribution in [2.24, 2.45) is 10.9 Å². The number of hydrogen-bond donors (Lipinski definition) is 3. The number of nitrogens with zero attached hydrogens (tertiary/aromatic N) is 2. The van der Waals surface area contributed by atoms with Gasteiger partial charge < -0.3 is 20.5 Å². The summed E-state index contributed by atoms with van der Waals surface area (Å²) in [4.78, 5) is 16.4. The maximum atomic E-state index is 12.1. The maximum Gasteiger partial charge on any atom is 0.227 e. The molecular weight excluding hydrogens is 366 g/mol. The van der Waals surface area contributed by atoms with E-state index in [1.165, 1.54) is 0 Å². The molecule has 158 valence electrons. The minimum atomic E-state index is -0.00163. The number of carbonyl (C=O) groups is 1. The zero-order valence-corrected chi connectivity index (χ0v) is 18.1. The van der Waals surface area contributed by atoms with Gasteiger partial charge in [-0.25, -0.2) is 0 Å². The number of benzene rings is 1. The predicted octanol–water partition coefficient (Wildman–Crippen LogP) is 3.65. The highest BCUT2D eigenvalue weighted by molar-refractivity contribution is 5.92. The Labute approximate surface area is 173 Å². The molecule has 1 amide bonds. The molecule has 0 radical (unpaired) electrons. The highest BCUT2D eigenvalue weighted by Crippen LogP contribution is 2.16. The molecule has 7 nitrogen and oxygen atoms in total. The van der Waals surface area contributed by atoms with E-state index >= 15 is 0 Å². The van der Waals surface area contributed by atoms with E-state index in [0.29, 0.717) is 19.0 Å². The Morgan fingerprint density at radius 3 is 2.59 bits per heavy atom. The van der Waals surface area contributed by atoms with Crippen LogP contribution >= 0.6 is 0 Å². The van der Waals surface area contributed by atoms with Crippen molar-refractivity contribution < 1.29 is 9.32 Å². The van der Waals surface area contributed by atoms with Crippen LogP contribution in [0.1, 0.15) is 56.7 Å². The molecule has 2 aromatic rings. The predicted molar refractivity (Wildman–Crippen MR) is 117 cm³/mol. The molecule has 1 aromatic carbocycles. The Kier molecular flexibility index (Phi) is 8.70. The molecule has 0 aliphatic heterocycles. The molecule has 0 saturated carbocycles. The monoisotopic (exact) mass is 399 g/mol. The highest BCUT2D eigenvalue weighted by atomic mass is 16.5. The van der Waals surface area contributed by atoms with Crippen LogP contribution in [0, 0.1) is 5.92 Å². The number of aryl methyl sites for hydroxylation is 2. The van der Waals surface area contributed by atoms with Gasteiger partial charge in [0.2, 0.25) is 5.91 Å². The summed E-state index contributed by atoms with van der Waals surface area (Å²) in [5.41, 5.74) is 3.95. The lowest BCUT2D eigenvalue weighted by molar-refractivity contribution is -0.119. The molecule has 29 heavy (non-hydrogen) atoms. The fourth-order valence-corrected chi connectivity index (χ4v) is 2.93. The van der Waals surface area contributed by atoms with Crippen molar-refractivity contribution in [2.75, 3.05) is 12.4 Å². The normalized spacial score (nSPS) is 12.5. The number of rotatable bonds is 9. The van der Waals surface area contributed by atoms with Crippen molar-refractivity contribution in [1.29, 1.82) is 0 Å². The highest BCUT2D eigenvalue weighted by Gasteiger charge is 2.14. The molecular formula is C22H33N5O2. The zero-order valence-electron chi connectivity index (χ0n) is 18.1. The fraction of sp³-hybridized carbons (Fsp3) is 0.500. The molecule has 2 rings (SSSR count). The van der Waals surface area contributed by atoms with Crippen LogP contribution in [0.15, 0.2) is 33.8 Å². The maximum absolute atomic E-state index is 12.1. The van der Waals surface area contributed by atoms with Gasteiger partial charge in [-0.15, -0.1) is 0 Å². The smallest absolute Gasteiger partial charge is 0.227 e. The van der Waals surface area contributed by atoms with Gasteiger partial charge in [-0.2, -0.15) is 0 Å². The first-order valence-electron chi connectivity index (χ1n) is 10.3. The van der Waals surface area contributed by atoms with Gasteiger partial charge in [0.15, 0.2) is 5.96 Å². The van der Waals surface area contributed by atoms with Gasteiger partial charge in [0, 0.05) is 43.7 Å². The minimum absolute atomic E-state index is 0.00163. The summed E-state index contributed by atoms with van der Waals surface area (Å²) < 4.78 is 5.42. The summed E-state index contributed by atoms with van der Waals surface area (Å²) in [5, 5.41) is 13.8. The minimum Gasteiger partial charge on any atom is -0.361 e. The third-order valence-electron chi connectivity index (χ3n) is 4.98. The first kappa shape index (κ1) is 22.5. The molecule has 3 N–H and O–H groups in total. The van der Waals surface area contributed by atoms with Crippen molar-refractivity contribution in [1.82, 2.24) is 15.8 Å². The van der Waals surface area contributed by atoms with Crippen molar-refractivity contribution in [3.63, 3.8) is 0 Å². The number of carbonyl (C=O) groups excluding carboxylic acids is 1. The molecule has 7 heteroatoms. The zero-order chi connectivity index (χ0) is 21.2. The molecule has 0 spiro atoms. The van der Waals surface area contributed by atoms with Crippen LogP contribution in [0.2, 0.25) is 0 Å². The quantitative estimate of drug-likeness (QED) is 0.442. The van der Waals surface area contributed by atoms with Crippen molar-refractivity contribution in [3.05, 3.63) is 46.8 Å². The summed E-state index contributed by atoms with van der Waals surface area (Å²) in [7, 11) is 1.74. The Morgan fingerprint density at radius 1 is 1.17 bits per heavy atom. The number of amides is 1. The van der Waals surface area contributed by atoms with E-state index in [0.717, 1.165) is 47.5 Å². The van der Waals surface area contributed by atoms with Crippen LogP contribution in [0.4, 0.5) is 5.69 Å². The second-order valence-electron chi connectivity index (χ2n) is 7.02. The molecule has 0 aliphatic rings. The number of aliphatic imine (C=N–C) groups is 1. The lowest BCUT2D eigenvalue weighted by Crippen LogP contribution is -2.36. The van der Waals surface area contributed by atoms with Crippen LogP contribution < -0.4 is 16.0 Å². The molecule has 0 fully saturated rings. The Morgan fingerprint density at radius 2 is 1.93 bits per heavy atom. The van der Waals surface area contributed by atoms with Gasteiger partial charge in [0.1, 0.15) is 5.76 Å². The Hall–Kier alpha value is -2.83. The number of nitrogens with one attached hydrogen (secondary N) is 3. The molecule has 1 aromatic heterocycles. The summed E-state index contributed by atoms with van der Waals surface area (Å²) in [6, 6.07) is 7.84. The third-order valence-corrected chi connectivity index (χ3v) is 4.98. The van der Waals surface area contributed by atoms with Crippen molar-refractivity contribution in [3.8, 4) is 0 Å². The molecule has 0 saturated heterocycles. The van der Waals surface area contributed by atoms with E-state index in [2.05, 4.69) is 39.9 Å². The topological polar surface area (TPSA) is 91.6 Å². The number of anilines is 1. The average Bonchev–Trinajstić information content (AvgIpc) is 3.15. The van der Waals surface area contributed by atoms with E-state index in [9.17, 15) is 4.79 Å². The molecule has 1 atom stereocenters. The molecule has 1 heterocycles. The second kappa shape index (κ2) is 11.2. The van der Waals surface area contributed by atoms with Gasteiger partial charge >= 0.3 is 0 Å². The van der Waals surface area contributed by atoms with Gasteiger partial charge in [0.25, 0.3) is 0 Å². The van der Waals surface area contributed by atoms with Gasteiger partial charge in [-0.05, 0) is 30.5 Å². The van der Waals surface area contributed by atoms with E-state index in [4.69, 9.17) is 4.52 Å². The van der Waals surface area contributed by atoms with Crippen LogP contribution in [0.25, 0.3) is 0 Å². The standard InChI is InChI=1S/C22H33N5O2/c1-6-15(4)21(28)26-17-11-9-10-16(12-17)13-24-22(23-5)25-14-18-19(7-2)27-29-20(18)8-3/h9-12,15H,6-8,13-14H2,1-5H3,(H,26,28)(H2,23,24,25). The molecule has 0 bridgehead atoms. The largest absolute Gasteiger partial charge is 0.361 e. The fourth-order valence-electron chi connectivity index (χ4n) is 2.93. The third kappa shape index (κ3) is 6.34. The van der Waals surface area contributed by atoms with E-state index in [1.54, 1.807) is 7.05 Å². The van der Waals surface area contributed by atoms with Crippen molar-refractivity contribution in [2.45, 2.75) is 60.0 Å². The van der Waals surface area contributed by atoms with E-state index < -0.39 is 0 Å². The van der Waals surface area contributed by atoms with E-state index in [1.807, 2.05) is 38.1 Å². The van der Waals surface area contributed by atoms with Crippen LogP contribution in [-0.2, 0) is 30.7 Å². The number of guanidine groups is 1. The van der Waals surface area contributed by atoms with Gasteiger partial charge in [-0.3, -0.25) is 9.79 Å². The Bertz CT molecular complexity index is 807. The number of aromatic nitrogens is 1. The SMILES string of the molecule is CCc1noc(CC)c1CNC(=NC)NCc1cccc(NC(=O)C(C)CC)c1. The summed E-state index contributed by atoms with van der Waals surface area (Å²) in [6.45, 7) is 9.28. The summed E-state index contributed by atoms with van der Waals surface area (Å²) in [6.07, 6.45) is 2.47. The van der Waals surface area contributed by atoms with Crippen LogP contribution in [0.5, 0.6) is 0 Å². The average molecular weight is 400 g/mol. The van der Waals surface area contributed by atoms with Crippen molar-refractivity contribution >= 4 is 17.6 Å². The lowest BCUT2D eigenvalue weighted by Gasteiger charge is -2.14. The molecule has 0 aliphatic carbocycles. The van der Waals surface area contributed by atoms with E-state index in [-0.39, 0.29) is 11.8 Å². The Balaban J connectivity index is 1.94. The number of hydrogen-bond acceptors (Lipinski definition) is 4. The van der Waals surface area contributed by atoms with Crippen LogP contribution in [-0.4, -0.2) is 24.1 Å². The summed E-state index contributed by atoms with van der Waals surface area (Å²) >= 11 is 0. The van der Waals surface area contributed by atoms with Crippen LogP contribution in [0.3, 0.4) is 0 Å².